The Morgan fingerprint density at radius 1 is 1.47 bits per heavy atom. The first-order chi connectivity index (χ1) is 7.09. The Morgan fingerprint density at radius 2 is 2.20 bits per heavy atom. The van der Waals surface area contributed by atoms with Gasteiger partial charge in [-0.25, -0.2) is 0 Å². The summed E-state index contributed by atoms with van der Waals surface area (Å²) in [6.07, 6.45) is 0. The Bertz CT molecular complexity index is 179. The molecule has 1 fully saturated rings. The lowest BCUT2D eigenvalue weighted by Gasteiger charge is -2.36. The minimum Gasteiger partial charge on any atom is -0.378 e. The molecule has 1 aliphatic rings. The molecule has 0 N–H and O–H groups in total. The van der Waals surface area contributed by atoms with E-state index in [2.05, 4.69) is 23.5 Å². The molecule has 1 unspecified atom stereocenters. The molecule has 0 radical (unpaired) electrons. The van der Waals surface area contributed by atoms with Crippen molar-refractivity contribution < 1.29 is 18.3 Å². The highest BCUT2D eigenvalue weighted by Gasteiger charge is 2.24. The molecule has 0 bridgehead atoms. The first-order valence-corrected chi connectivity index (χ1v) is 5.31. The molecule has 1 heterocycles. The fraction of sp³-hybridized carbons (Fsp3) is 1.00. The lowest BCUT2D eigenvalue weighted by atomic mass is 10.1. The topological polar surface area (TPSA) is 21.7 Å². The van der Waals surface area contributed by atoms with Crippen molar-refractivity contribution >= 4 is 0 Å². The van der Waals surface area contributed by atoms with E-state index >= 15 is 0 Å². The van der Waals surface area contributed by atoms with Gasteiger partial charge in [0.15, 0.2) is 0 Å². The van der Waals surface area contributed by atoms with E-state index in [-0.39, 0.29) is 12.6 Å². The third-order valence-electron chi connectivity index (χ3n) is 2.36. The molecule has 0 aromatic carbocycles. The van der Waals surface area contributed by atoms with Crippen LogP contribution in [0.25, 0.3) is 0 Å². The Kier molecular flexibility index (Phi) is 5.42. The van der Waals surface area contributed by atoms with Crippen molar-refractivity contribution in [1.82, 2.24) is 4.90 Å². The van der Waals surface area contributed by atoms with Gasteiger partial charge in [-0.3, -0.25) is 4.90 Å². The third kappa shape index (κ3) is 4.86. The summed E-state index contributed by atoms with van der Waals surface area (Å²) in [5.74, 6) is 0.525. The third-order valence-corrected chi connectivity index (χ3v) is 2.36. The van der Waals surface area contributed by atoms with Gasteiger partial charge in [0.25, 0.3) is 0 Å². The number of alkyl halides is 2. The summed E-state index contributed by atoms with van der Waals surface area (Å²) in [4.78, 5) is 2.16. The number of morpholine rings is 1. The molecule has 0 aromatic rings. The molecule has 0 amide bonds. The monoisotopic (exact) mass is 223 g/mol. The van der Waals surface area contributed by atoms with Gasteiger partial charge in [0.1, 0.15) is 0 Å². The van der Waals surface area contributed by atoms with Crippen LogP contribution in [0, 0.1) is 5.92 Å². The van der Waals surface area contributed by atoms with E-state index in [1.54, 1.807) is 0 Å². The van der Waals surface area contributed by atoms with Gasteiger partial charge in [0.05, 0.1) is 25.9 Å². The maximum absolute atomic E-state index is 11.9. The predicted octanol–water partition coefficient (Wildman–Crippen LogP) is 1.58. The highest BCUT2D eigenvalue weighted by Crippen LogP contribution is 2.11. The normalized spacial score (nSPS) is 24.0. The number of hydrogen-bond donors (Lipinski definition) is 0. The summed E-state index contributed by atoms with van der Waals surface area (Å²) in [6.45, 7) is 4.45. The number of hydrogen-bond acceptors (Lipinski definition) is 3. The maximum Gasteiger partial charge on any atom is 0.345 e. The fourth-order valence-corrected chi connectivity index (χ4v) is 1.74. The number of halogens is 2. The van der Waals surface area contributed by atoms with Crippen LogP contribution in [0.5, 0.6) is 0 Å². The van der Waals surface area contributed by atoms with Crippen molar-refractivity contribution in [3.63, 3.8) is 0 Å². The molecule has 0 spiro atoms. The summed E-state index contributed by atoms with van der Waals surface area (Å²) in [5, 5.41) is 0. The first-order valence-electron chi connectivity index (χ1n) is 5.31. The Morgan fingerprint density at radius 3 is 2.80 bits per heavy atom. The average Bonchev–Trinajstić information content (AvgIpc) is 2.15. The van der Waals surface area contributed by atoms with E-state index in [9.17, 15) is 8.78 Å². The van der Waals surface area contributed by atoms with Crippen molar-refractivity contribution in [1.29, 1.82) is 0 Å². The SMILES string of the molecule is CC(C)CN1CCOCC1COC(F)F. The zero-order valence-corrected chi connectivity index (χ0v) is 9.29. The van der Waals surface area contributed by atoms with E-state index in [0.29, 0.717) is 19.1 Å². The van der Waals surface area contributed by atoms with E-state index in [1.807, 2.05) is 0 Å². The van der Waals surface area contributed by atoms with Gasteiger partial charge in [0, 0.05) is 13.1 Å². The van der Waals surface area contributed by atoms with Gasteiger partial charge >= 0.3 is 6.61 Å². The molecule has 0 aromatic heterocycles. The van der Waals surface area contributed by atoms with Gasteiger partial charge in [-0.2, -0.15) is 8.78 Å². The molecule has 1 atom stereocenters. The molecule has 1 aliphatic heterocycles. The standard InChI is InChI=1S/C10H19F2NO2/c1-8(2)5-13-3-4-14-6-9(13)7-15-10(11)12/h8-10H,3-7H2,1-2H3. The van der Waals surface area contributed by atoms with Crippen molar-refractivity contribution in [3.05, 3.63) is 0 Å². The van der Waals surface area contributed by atoms with Crippen molar-refractivity contribution in [2.24, 2.45) is 5.92 Å². The highest BCUT2D eigenvalue weighted by atomic mass is 19.3. The summed E-state index contributed by atoms with van der Waals surface area (Å²) in [7, 11) is 0. The first kappa shape index (κ1) is 12.8. The van der Waals surface area contributed by atoms with Crippen LogP contribution in [-0.4, -0.2) is 50.5 Å². The summed E-state index contributed by atoms with van der Waals surface area (Å²) < 4.78 is 33.4. The second kappa shape index (κ2) is 6.35. The molecule has 90 valence electrons. The van der Waals surface area contributed by atoms with Crippen LogP contribution in [0.15, 0.2) is 0 Å². The van der Waals surface area contributed by atoms with Gasteiger partial charge in [-0.05, 0) is 5.92 Å². The van der Waals surface area contributed by atoms with E-state index in [4.69, 9.17) is 4.74 Å². The van der Waals surface area contributed by atoms with E-state index in [0.717, 1.165) is 13.1 Å². The van der Waals surface area contributed by atoms with Crippen LogP contribution in [-0.2, 0) is 9.47 Å². The largest absolute Gasteiger partial charge is 0.378 e. The quantitative estimate of drug-likeness (QED) is 0.706. The van der Waals surface area contributed by atoms with Crippen LogP contribution in [0.4, 0.5) is 8.78 Å². The second-order valence-electron chi connectivity index (χ2n) is 4.21. The molecule has 15 heavy (non-hydrogen) atoms. The molecular formula is C10H19F2NO2. The molecule has 1 rings (SSSR count). The van der Waals surface area contributed by atoms with Gasteiger partial charge in [-0.1, -0.05) is 13.8 Å². The summed E-state index contributed by atoms with van der Waals surface area (Å²) in [5.41, 5.74) is 0. The second-order valence-corrected chi connectivity index (χ2v) is 4.21. The lowest BCUT2D eigenvalue weighted by Crippen LogP contribution is -2.49. The molecule has 0 saturated carbocycles. The number of rotatable bonds is 5. The molecule has 1 saturated heterocycles. The smallest absolute Gasteiger partial charge is 0.345 e. The number of nitrogens with zero attached hydrogens (tertiary/aromatic N) is 1. The van der Waals surface area contributed by atoms with Crippen molar-refractivity contribution in [3.8, 4) is 0 Å². The molecule has 0 aliphatic carbocycles. The van der Waals surface area contributed by atoms with Crippen molar-refractivity contribution in [2.45, 2.75) is 26.5 Å². The van der Waals surface area contributed by atoms with Crippen LogP contribution in [0.3, 0.4) is 0 Å². The van der Waals surface area contributed by atoms with Crippen LogP contribution in [0.2, 0.25) is 0 Å². The zero-order chi connectivity index (χ0) is 11.3. The van der Waals surface area contributed by atoms with Gasteiger partial charge < -0.3 is 9.47 Å². The van der Waals surface area contributed by atoms with Crippen LogP contribution >= 0.6 is 0 Å². The zero-order valence-electron chi connectivity index (χ0n) is 9.29. The molecular weight excluding hydrogens is 204 g/mol. The Labute approximate surface area is 89.3 Å². The Hall–Kier alpha value is -0.260. The maximum atomic E-state index is 11.9. The van der Waals surface area contributed by atoms with E-state index in [1.165, 1.54) is 0 Å². The fourth-order valence-electron chi connectivity index (χ4n) is 1.74. The Balaban J connectivity index is 2.35. The van der Waals surface area contributed by atoms with Crippen LogP contribution in [0.1, 0.15) is 13.8 Å². The summed E-state index contributed by atoms with van der Waals surface area (Å²) >= 11 is 0. The van der Waals surface area contributed by atoms with Crippen molar-refractivity contribution in [2.75, 3.05) is 32.9 Å². The minimum absolute atomic E-state index is 0.0323. The highest BCUT2D eigenvalue weighted by molar-refractivity contribution is 4.75. The predicted molar refractivity (Wildman–Crippen MR) is 53.0 cm³/mol. The molecule has 3 nitrogen and oxygen atoms in total. The van der Waals surface area contributed by atoms with E-state index < -0.39 is 6.61 Å². The van der Waals surface area contributed by atoms with Gasteiger partial charge in [-0.15, -0.1) is 0 Å². The molecule has 5 heteroatoms. The number of ether oxygens (including phenoxy) is 2. The lowest BCUT2D eigenvalue weighted by molar-refractivity contribution is -0.153. The average molecular weight is 223 g/mol. The van der Waals surface area contributed by atoms with Crippen LogP contribution < -0.4 is 0 Å². The van der Waals surface area contributed by atoms with Gasteiger partial charge in [0.2, 0.25) is 0 Å². The minimum atomic E-state index is -2.69. The summed E-state index contributed by atoms with van der Waals surface area (Å²) in [6, 6.07) is -0.0323.